The van der Waals surface area contributed by atoms with Crippen molar-refractivity contribution in [3.05, 3.63) is 28.2 Å². The van der Waals surface area contributed by atoms with Crippen molar-refractivity contribution < 1.29 is 22.8 Å². The number of anilines is 1. The van der Waals surface area contributed by atoms with Gasteiger partial charge in [0.15, 0.2) is 0 Å². The highest BCUT2D eigenvalue weighted by atomic mass is 79.9. The molecule has 0 N–H and O–H groups in total. The van der Waals surface area contributed by atoms with E-state index in [1.54, 1.807) is 0 Å². The summed E-state index contributed by atoms with van der Waals surface area (Å²) < 4.78 is 38.6. The number of nitrogens with zero attached hydrogens (tertiary/aromatic N) is 1. The van der Waals surface area contributed by atoms with Crippen LogP contribution >= 0.6 is 15.9 Å². The molecule has 0 unspecified atom stereocenters. The maximum atomic E-state index is 12.8. The molecule has 0 heterocycles. The number of imide groups is 1. The van der Waals surface area contributed by atoms with Gasteiger partial charge in [0.05, 0.1) is 11.3 Å². The summed E-state index contributed by atoms with van der Waals surface area (Å²) in [6.07, 6.45) is -4.65. The predicted octanol–water partition coefficient (Wildman–Crippen LogP) is 3.37. The number of alkyl halides is 3. The van der Waals surface area contributed by atoms with Crippen molar-refractivity contribution in [2.45, 2.75) is 20.0 Å². The first-order valence-corrected chi connectivity index (χ1v) is 5.62. The molecular weight excluding hydrogens is 315 g/mol. The number of para-hydroxylation sites is 1. The average Bonchev–Trinajstić information content (AvgIpc) is 2.17. The van der Waals surface area contributed by atoms with Crippen molar-refractivity contribution in [2.24, 2.45) is 0 Å². The molecule has 98 valence electrons. The van der Waals surface area contributed by atoms with E-state index in [4.69, 9.17) is 0 Å². The average molecular weight is 324 g/mol. The second-order valence-corrected chi connectivity index (χ2v) is 4.36. The van der Waals surface area contributed by atoms with Crippen LogP contribution in [0.2, 0.25) is 0 Å². The molecule has 18 heavy (non-hydrogen) atoms. The summed E-state index contributed by atoms with van der Waals surface area (Å²) in [5.41, 5.74) is -1.52. The number of hydrogen-bond donors (Lipinski definition) is 0. The number of rotatable bonds is 1. The molecule has 1 rings (SSSR count). The normalized spacial score (nSPS) is 11.2. The fourth-order valence-electron chi connectivity index (χ4n) is 1.51. The lowest BCUT2D eigenvalue weighted by Gasteiger charge is -2.23. The zero-order chi connectivity index (χ0) is 14.1. The van der Waals surface area contributed by atoms with Gasteiger partial charge in [-0.1, -0.05) is 6.07 Å². The second-order valence-electron chi connectivity index (χ2n) is 3.51. The van der Waals surface area contributed by atoms with Gasteiger partial charge in [-0.3, -0.25) is 9.59 Å². The van der Waals surface area contributed by atoms with Gasteiger partial charge in [-0.15, -0.1) is 0 Å². The van der Waals surface area contributed by atoms with E-state index < -0.39 is 29.2 Å². The summed E-state index contributed by atoms with van der Waals surface area (Å²) in [5, 5.41) is 0. The van der Waals surface area contributed by atoms with E-state index in [-0.39, 0.29) is 4.47 Å². The molecule has 7 heteroatoms. The molecule has 1 aromatic rings. The third-order valence-corrected chi connectivity index (χ3v) is 2.79. The number of amides is 2. The summed E-state index contributed by atoms with van der Waals surface area (Å²) in [6.45, 7) is 2.06. The Morgan fingerprint density at radius 3 is 2.06 bits per heavy atom. The standard InChI is InChI=1S/C11H9BrF3NO2/c1-6(17)16(7(2)18)10-8(11(13,14)15)4-3-5-9(10)12/h3-5H,1-2H3. The maximum absolute atomic E-state index is 12.8. The lowest BCUT2D eigenvalue weighted by Crippen LogP contribution is -2.35. The minimum Gasteiger partial charge on any atom is -0.274 e. The lowest BCUT2D eigenvalue weighted by atomic mass is 10.1. The van der Waals surface area contributed by atoms with Crippen molar-refractivity contribution in [3.8, 4) is 0 Å². The van der Waals surface area contributed by atoms with Crippen LogP contribution in [0.4, 0.5) is 18.9 Å². The number of halogens is 4. The van der Waals surface area contributed by atoms with Gasteiger partial charge >= 0.3 is 6.18 Å². The molecule has 2 amide bonds. The van der Waals surface area contributed by atoms with Crippen molar-refractivity contribution in [1.82, 2.24) is 0 Å². The van der Waals surface area contributed by atoms with Crippen molar-refractivity contribution in [3.63, 3.8) is 0 Å². The van der Waals surface area contributed by atoms with Gasteiger partial charge < -0.3 is 0 Å². The van der Waals surface area contributed by atoms with E-state index in [2.05, 4.69) is 15.9 Å². The topological polar surface area (TPSA) is 37.4 Å². The molecule has 0 aromatic heterocycles. The van der Waals surface area contributed by atoms with Gasteiger partial charge in [-0.2, -0.15) is 13.2 Å². The van der Waals surface area contributed by atoms with E-state index >= 15 is 0 Å². The minimum absolute atomic E-state index is 0.0303. The van der Waals surface area contributed by atoms with Crippen molar-refractivity contribution in [2.75, 3.05) is 4.90 Å². The number of hydrogen-bond acceptors (Lipinski definition) is 2. The molecule has 0 aliphatic rings. The Morgan fingerprint density at radius 2 is 1.67 bits per heavy atom. The van der Waals surface area contributed by atoms with Crippen LogP contribution in [0.25, 0.3) is 0 Å². The molecule has 3 nitrogen and oxygen atoms in total. The maximum Gasteiger partial charge on any atom is 0.418 e. The number of carbonyl (C=O) groups excluding carboxylic acids is 2. The van der Waals surface area contributed by atoms with Crippen LogP contribution in [0.3, 0.4) is 0 Å². The summed E-state index contributed by atoms with van der Waals surface area (Å²) >= 11 is 2.93. The van der Waals surface area contributed by atoms with E-state index in [0.29, 0.717) is 4.90 Å². The van der Waals surface area contributed by atoms with E-state index in [0.717, 1.165) is 19.9 Å². The zero-order valence-corrected chi connectivity index (χ0v) is 11.1. The number of carbonyl (C=O) groups is 2. The Morgan fingerprint density at radius 1 is 1.17 bits per heavy atom. The van der Waals surface area contributed by atoms with Crippen molar-refractivity contribution >= 4 is 33.4 Å². The van der Waals surface area contributed by atoms with Gasteiger partial charge in [-0.05, 0) is 28.1 Å². The van der Waals surface area contributed by atoms with Crippen LogP contribution in [-0.2, 0) is 15.8 Å². The first kappa shape index (κ1) is 14.7. The molecule has 0 bridgehead atoms. The molecule has 0 spiro atoms. The lowest BCUT2D eigenvalue weighted by molar-refractivity contribution is -0.137. The van der Waals surface area contributed by atoms with Gasteiger partial charge in [0.1, 0.15) is 0 Å². The van der Waals surface area contributed by atoms with Crippen LogP contribution < -0.4 is 4.90 Å². The van der Waals surface area contributed by atoms with Crippen LogP contribution in [0.15, 0.2) is 22.7 Å². The van der Waals surface area contributed by atoms with Crippen LogP contribution in [0, 0.1) is 0 Å². The highest BCUT2D eigenvalue weighted by Crippen LogP contribution is 2.40. The molecular formula is C11H9BrF3NO2. The molecule has 0 radical (unpaired) electrons. The van der Waals surface area contributed by atoms with Gasteiger partial charge in [0, 0.05) is 18.3 Å². The Labute approximate surface area is 110 Å². The van der Waals surface area contributed by atoms with E-state index in [9.17, 15) is 22.8 Å². The fraction of sp³-hybridized carbons (Fsp3) is 0.273. The predicted molar refractivity (Wildman–Crippen MR) is 63.0 cm³/mol. The molecule has 0 fully saturated rings. The van der Waals surface area contributed by atoms with Crippen LogP contribution in [-0.4, -0.2) is 11.8 Å². The minimum atomic E-state index is -4.65. The molecule has 1 aromatic carbocycles. The van der Waals surface area contributed by atoms with Crippen LogP contribution in [0.1, 0.15) is 19.4 Å². The third-order valence-electron chi connectivity index (χ3n) is 2.15. The third kappa shape index (κ3) is 2.90. The molecule has 0 atom stereocenters. The summed E-state index contributed by atoms with van der Waals surface area (Å²) in [7, 11) is 0. The Kier molecular flexibility index (Phi) is 4.16. The quantitative estimate of drug-likeness (QED) is 0.794. The van der Waals surface area contributed by atoms with Gasteiger partial charge in [0.2, 0.25) is 11.8 Å². The summed E-state index contributed by atoms with van der Waals surface area (Å²) in [5.74, 6) is -1.56. The van der Waals surface area contributed by atoms with Gasteiger partial charge in [0.25, 0.3) is 0 Å². The smallest absolute Gasteiger partial charge is 0.274 e. The fourth-order valence-corrected chi connectivity index (χ4v) is 2.05. The van der Waals surface area contributed by atoms with Crippen molar-refractivity contribution in [1.29, 1.82) is 0 Å². The first-order chi connectivity index (χ1) is 8.16. The van der Waals surface area contributed by atoms with E-state index in [1.807, 2.05) is 0 Å². The SMILES string of the molecule is CC(=O)N(C(C)=O)c1c(Br)cccc1C(F)(F)F. The first-order valence-electron chi connectivity index (χ1n) is 4.83. The van der Waals surface area contributed by atoms with Gasteiger partial charge in [-0.25, -0.2) is 4.90 Å². The zero-order valence-electron chi connectivity index (χ0n) is 9.51. The highest BCUT2D eigenvalue weighted by Gasteiger charge is 2.37. The monoisotopic (exact) mass is 323 g/mol. The largest absolute Gasteiger partial charge is 0.418 e. The highest BCUT2D eigenvalue weighted by molar-refractivity contribution is 9.10. The molecule has 0 aliphatic heterocycles. The molecule has 0 aliphatic carbocycles. The second kappa shape index (κ2) is 5.09. The summed E-state index contributed by atoms with van der Waals surface area (Å²) in [4.78, 5) is 23.2. The summed E-state index contributed by atoms with van der Waals surface area (Å²) in [6, 6.07) is 3.34. The molecule has 0 saturated heterocycles. The van der Waals surface area contributed by atoms with E-state index in [1.165, 1.54) is 12.1 Å². The van der Waals surface area contributed by atoms with Crippen LogP contribution in [0.5, 0.6) is 0 Å². The molecule has 0 saturated carbocycles. The Balaban J connectivity index is 3.56. The Hall–Kier alpha value is -1.37. The Bertz CT molecular complexity index is 486. The number of benzene rings is 1.